The number of hydrogen-bond acceptors (Lipinski definition) is 5. The molecule has 7 nitrogen and oxygen atoms in total. The molecule has 0 radical (unpaired) electrons. The summed E-state index contributed by atoms with van der Waals surface area (Å²) < 4.78 is 39.4. The topological polar surface area (TPSA) is 84.2 Å². The Hall–Kier alpha value is -1.94. The average molecular weight is 395 g/mol. The number of aryl methyl sites for hydroxylation is 2. The van der Waals surface area contributed by atoms with Crippen molar-refractivity contribution in [1.82, 2.24) is 30.2 Å². The summed E-state index contributed by atoms with van der Waals surface area (Å²) >= 11 is 0. The van der Waals surface area contributed by atoms with Gasteiger partial charge in [-0.05, 0) is 45.8 Å². The lowest BCUT2D eigenvalue weighted by molar-refractivity contribution is -0.144. The predicted molar refractivity (Wildman–Crippen MR) is 92.4 cm³/mol. The van der Waals surface area contributed by atoms with Gasteiger partial charge in [-0.15, -0.1) is 17.5 Å². The fourth-order valence-corrected chi connectivity index (χ4v) is 2.51. The average Bonchev–Trinajstić information content (AvgIpc) is 2.95. The van der Waals surface area contributed by atoms with Crippen LogP contribution in [0.25, 0.3) is 5.78 Å². The quantitative estimate of drug-likeness (QED) is 0.700. The summed E-state index contributed by atoms with van der Waals surface area (Å²) in [6.07, 6.45) is -3.19. The molecule has 11 heteroatoms. The number of nitrogens with one attached hydrogen (secondary N) is 2. The van der Waals surface area contributed by atoms with Crippen LogP contribution in [0.3, 0.4) is 0 Å². The molecule has 2 heterocycles. The Balaban J connectivity index is 0.00000338. The lowest BCUT2D eigenvalue weighted by Crippen LogP contribution is -2.27. The SMILES string of the molecule is CNCCCNC(=O)CCc1c(C)nc2nc(C(F)(F)F)nn2c1C.Cl. The third-order valence-corrected chi connectivity index (χ3v) is 3.83. The van der Waals surface area contributed by atoms with E-state index in [1.54, 1.807) is 13.8 Å². The molecule has 0 saturated heterocycles. The van der Waals surface area contributed by atoms with Crippen LogP contribution in [0.1, 0.15) is 35.6 Å². The Labute approximate surface area is 155 Å². The highest BCUT2D eigenvalue weighted by Crippen LogP contribution is 2.27. The summed E-state index contributed by atoms with van der Waals surface area (Å²) in [4.78, 5) is 19.4. The highest BCUT2D eigenvalue weighted by molar-refractivity contribution is 5.85. The van der Waals surface area contributed by atoms with Crippen molar-refractivity contribution < 1.29 is 18.0 Å². The number of carbonyl (C=O) groups is 1. The van der Waals surface area contributed by atoms with Gasteiger partial charge < -0.3 is 10.6 Å². The minimum Gasteiger partial charge on any atom is -0.356 e. The van der Waals surface area contributed by atoms with E-state index >= 15 is 0 Å². The van der Waals surface area contributed by atoms with Crippen LogP contribution in [-0.4, -0.2) is 45.6 Å². The summed E-state index contributed by atoms with van der Waals surface area (Å²) in [5.74, 6) is -1.42. The zero-order valence-corrected chi connectivity index (χ0v) is 15.6. The Morgan fingerprint density at radius 1 is 1.19 bits per heavy atom. The minimum absolute atomic E-state index is 0. The molecule has 0 aliphatic carbocycles. The summed E-state index contributed by atoms with van der Waals surface area (Å²) in [5.41, 5.74) is 1.76. The van der Waals surface area contributed by atoms with E-state index in [0.717, 1.165) is 17.5 Å². The largest absolute Gasteiger partial charge is 0.453 e. The smallest absolute Gasteiger partial charge is 0.356 e. The predicted octanol–water partition coefficient (Wildman–Crippen LogP) is 1.84. The van der Waals surface area contributed by atoms with E-state index in [1.807, 2.05) is 7.05 Å². The number of rotatable bonds is 7. The number of nitrogens with zero attached hydrogens (tertiary/aromatic N) is 4. The van der Waals surface area contributed by atoms with Crippen molar-refractivity contribution in [1.29, 1.82) is 0 Å². The maximum absolute atomic E-state index is 12.8. The highest BCUT2D eigenvalue weighted by Gasteiger charge is 2.36. The zero-order valence-electron chi connectivity index (χ0n) is 14.8. The lowest BCUT2D eigenvalue weighted by Gasteiger charge is -2.10. The number of alkyl halides is 3. The van der Waals surface area contributed by atoms with Gasteiger partial charge in [-0.3, -0.25) is 4.79 Å². The summed E-state index contributed by atoms with van der Waals surface area (Å²) in [6.45, 7) is 4.73. The third-order valence-electron chi connectivity index (χ3n) is 3.83. The number of halogens is 4. The number of hydrogen-bond donors (Lipinski definition) is 2. The monoisotopic (exact) mass is 394 g/mol. The normalized spacial score (nSPS) is 11.5. The molecule has 2 aromatic heterocycles. The van der Waals surface area contributed by atoms with E-state index in [2.05, 4.69) is 25.7 Å². The molecule has 0 aliphatic heterocycles. The molecule has 0 unspecified atom stereocenters. The molecule has 0 atom stereocenters. The van der Waals surface area contributed by atoms with Crippen LogP contribution in [0.4, 0.5) is 13.2 Å². The van der Waals surface area contributed by atoms with Gasteiger partial charge in [0.15, 0.2) is 0 Å². The van der Waals surface area contributed by atoms with Crippen molar-refractivity contribution >= 4 is 24.1 Å². The van der Waals surface area contributed by atoms with E-state index < -0.39 is 12.0 Å². The van der Waals surface area contributed by atoms with Crippen molar-refractivity contribution in [3.63, 3.8) is 0 Å². The zero-order chi connectivity index (χ0) is 18.6. The van der Waals surface area contributed by atoms with Gasteiger partial charge in [-0.1, -0.05) is 0 Å². The van der Waals surface area contributed by atoms with Crippen molar-refractivity contribution in [2.24, 2.45) is 0 Å². The molecule has 0 aliphatic rings. The molecule has 2 aromatic rings. The van der Waals surface area contributed by atoms with Crippen LogP contribution in [-0.2, 0) is 17.4 Å². The Morgan fingerprint density at radius 2 is 1.88 bits per heavy atom. The Bertz CT molecular complexity index is 762. The van der Waals surface area contributed by atoms with E-state index in [1.165, 1.54) is 0 Å². The van der Waals surface area contributed by atoms with Crippen molar-refractivity contribution in [2.75, 3.05) is 20.1 Å². The van der Waals surface area contributed by atoms with Crippen molar-refractivity contribution in [3.8, 4) is 0 Å². The molecular weight excluding hydrogens is 373 g/mol. The van der Waals surface area contributed by atoms with Gasteiger partial charge in [-0.2, -0.15) is 18.2 Å². The second-order valence-corrected chi connectivity index (χ2v) is 5.71. The Morgan fingerprint density at radius 3 is 2.50 bits per heavy atom. The molecule has 0 saturated carbocycles. The van der Waals surface area contributed by atoms with Crippen molar-refractivity contribution in [3.05, 3.63) is 22.8 Å². The number of amides is 1. The van der Waals surface area contributed by atoms with E-state index in [9.17, 15) is 18.0 Å². The van der Waals surface area contributed by atoms with E-state index in [0.29, 0.717) is 29.9 Å². The number of carbonyl (C=O) groups excluding carboxylic acids is 1. The molecule has 146 valence electrons. The van der Waals surface area contributed by atoms with Gasteiger partial charge in [0, 0.05) is 24.4 Å². The molecular formula is C15H22ClF3N6O. The minimum atomic E-state index is -4.62. The molecule has 1 amide bonds. The summed E-state index contributed by atoms with van der Waals surface area (Å²) in [5, 5.41) is 9.29. The molecule has 2 N–H and O–H groups in total. The first-order valence-corrected chi connectivity index (χ1v) is 7.95. The molecule has 0 fully saturated rings. The molecule has 0 aromatic carbocycles. The lowest BCUT2D eigenvalue weighted by atomic mass is 10.1. The highest BCUT2D eigenvalue weighted by atomic mass is 35.5. The van der Waals surface area contributed by atoms with Gasteiger partial charge in [0.2, 0.25) is 5.91 Å². The summed E-state index contributed by atoms with van der Waals surface area (Å²) in [7, 11) is 1.84. The molecule has 2 rings (SSSR count). The van der Waals surface area contributed by atoms with Crippen molar-refractivity contribution in [2.45, 2.75) is 39.3 Å². The van der Waals surface area contributed by atoms with Gasteiger partial charge in [-0.25, -0.2) is 9.50 Å². The van der Waals surface area contributed by atoms with Crippen LogP contribution < -0.4 is 10.6 Å². The van der Waals surface area contributed by atoms with Crippen LogP contribution in [0, 0.1) is 13.8 Å². The van der Waals surface area contributed by atoms with E-state index in [4.69, 9.17) is 0 Å². The van der Waals surface area contributed by atoms with Gasteiger partial charge >= 0.3 is 6.18 Å². The second kappa shape index (κ2) is 9.13. The fraction of sp³-hybridized carbons (Fsp3) is 0.600. The van der Waals surface area contributed by atoms with Crippen LogP contribution in [0.15, 0.2) is 0 Å². The maximum Gasteiger partial charge on any atom is 0.453 e. The van der Waals surface area contributed by atoms with Gasteiger partial charge in [0.1, 0.15) is 0 Å². The molecule has 0 bridgehead atoms. The van der Waals surface area contributed by atoms with Crippen LogP contribution in [0.5, 0.6) is 0 Å². The summed E-state index contributed by atoms with van der Waals surface area (Å²) in [6, 6.07) is 0. The first kappa shape index (κ1) is 22.1. The van der Waals surface area contributed by atoms with Gasteiger partial charge in [0.25, 0.3) is 11.6 Å². The molecule has 26 heavy (non-hydrogen) atoms. The standard InChI is InChI=1S/C15H21F3N6O.ClH/c1-9-11(5-6-12(25)20-8-4-7-19-3)10(2)24-14(21-9)22-13(23-24)15(16,17)18;/h19H,4-8H2,1-3H3,(H,20,25);1H. The maximum atomic E-state index is 12.8. The fourth-order valence-electron chi connectivity index (χ4n) is 2.51. The second-order valence-electron chi connectivity index (χ2n) is 5.71. The third kappa shape index (κ3) is 5.28. The number of fused-ring (bicyclic) bond motifs is 1. The first-order chi connectivity index (χ1) is 11.7. The molecule has 0 spiro atoms. The van der Waals surface area contributed by atoms with Crippen LogP contribution >= 0.6 is 12.4 Å². The number of aromatic nitrogens is 4. The van der Waals surface area contributed by atoms with Crippen LogP contribution in [0.2, 0.25) is 0 Å². The first-order valence-electron chi connectivity index (χ1n) is 7.95. The van der Waals surface area contributed by atoms with Gasteiger partial charge in [0.05, 0.1) is 0 Å². The Kier molecular flexibility index (Phi) is 7.76. The van der Waals surface area contributed by atoms with E-state index in [-0.39, 0.29) is 30.5 Å².